The molecule has 100 valence electrons. The topological polar surface area (TPSA) is 95.5 Å². The van der Waals surface area contributed by atoms with Crippen molar-refractivity contribution in [3.63, 3.8) is 0 Å². The van der Waals surface area contributed by atoms with E-state index in [1.54, 1.807) is 6.92 Å². The van der Waals surface area contributed by atoms with E-state index in [0.29, 0.717) is 25.9 Å². The summed E-state index contributed by atoms with van der Waals surface area (Å²) >= 11 is 0. The van der Waals surface area contributed by atoms with Crippen LogP contribution in [0.1, 0.15) is 32.6 Å². The van der Waals surface area contributed by atoms with E-state index >= 15 is 0 Å². The lowest BCUT2D eigenvalue weighted by Crippen LogP contribution is -2.39. The molecule has 6 nitrogen and oxygen atoms in total. The molecular formula is C10H20N2O4S. The van der Waals surface area contributed by atoms with E-state index < -0.39 is 16.2 Å². The van der Waals surface area contributed by atoms with Gasteiger partial charge < -0.3 is 5.11 Å². The third-order valence-electron chi connectivity index (χ3n) is 3.09. The molecule has 3 N–H and O–H groups in total. The van der Waals surface area contributed by atoms with Gasteiger partial charge in [-0.3, -0.25) is 4.79 Å². The minimum Gasteiger partial charge on any atom is -0.481 e. The van der Waals surface area contributed by atoms with Crippen LogP contribution in [0.3, 0.4) is 0 Å². The second-order valence-electron chi connectivity index (χ2n) is 4.41. The molecule has 0 spiro atoms. The van der Waals surface area contributed by atoms with E-state index in [2.05, 4.69) is 9.44 Å². The van der Waals surface area contributed by atoms with Crippen molar-refractivity contribution >= 4 is 16.2 Å². The van der Waals surface area contributed by atoms with Gasteiger partial charge in [-0.15, -0.1) is 0 Å². The third-order valence-corrected chi connectivity index (χ3v) is 4.31. The van der Waals surface area contributed by atoms with Gasteiger partial charge in [-0.2, -0.15) is 8.42 Å². The van der Waals surface area contributed by atoms with Crippen molar-refractivity contribution in [2.45, 2.75) is 32.6 Å². The molecule has 1 saturated carbocycles. The smallest absolute Gasteiger partial charge is 0.306 e. The van der Waals surface area contributed by atoms with Crippen molar-refractivity contribution in [2.75, 3.05) is 13.1 Å². The largest absolute Gasteiger partial charge is 0.481 e. The van der Waals surface area contributed by atoms with Gasteiger partial charge in [-0.1, -0.05) is 6.92 Å². The van der Waals surface area contributed by atoms with Gasteiger partial charge in [-0.05, 0) is 31.6 Å². The highest BCUT2D eigenvalue weighted by molar-refractivity contribution is 7.87. The number of hydrogen-bond donors (Lipinski definition) is 3. The predicted molar refractivity (Wildman–Crippen MR) is 63.7 cm³/mol. The second kappa shape index (κ2) is 6.32. The Labute approximate surface area is 102 Å². The Morgan fingerprint density at radius 2 is 1.82 bits per heavy atom. The lowest BCUT2D eigenvalue weighted by atomic mass is 9.82. The van der Waals surface area contributed by atoms with Crippen molar-refractivity contribution in [3.8, 4) is 0 Å². The number of carbonyl (C=O) groups is 1. The zero-order chi connectivity index (χ0) is 12.9. The fraction of sp³-hybridized carbons (Fsp3) is 0.900. The molecule has 0 aromatic heterocycles. The maximum atomic E-state index is 11.3. The molecule has 0 unspecified atom stereocenters. The number of aliphatic carboxylic acids is 1. The minimum absolute atomic E-state index is 0.249. The molecule has 1 aliphatic carbocycles. The highest BCUT2D eigenvalue weighted by atomic mass is 32.2. The van der Waals surface area contributed by atoms with Crippen LogP contribution in [0.4, 0.5) is 0 Å². The van der Waals surface area contributed by atoms with E-state index in [1.165, 1.54) is 0 Å². The molecular weight excluding hydrogens is 244 g/mol. The highest BCUT2D eigenvalue weighted by Gasteiger charge is 2.26. The average molecular weight is 264 g/mol. The first-order valence-electron chi connectivity index (χ1n) is 5.91. The SMILES string of the molecule is CCNS(=O)(=O)NCC1CCC(C(=O)O)CC1. The zero-order valence-electron chi connectivity index (χ0n) is 9.98. The molecule has 0 aliphatic heterocycles. The summed E-state index contributed by atoms with van der Waals surface area (Å²) in [6.07, 6.45) is 2.82. The van der Waals surface area contributed by atoms with Gasteiger partial charge in [0.15, 0.2) is 0 Å². The standard InChI is InChI=1S/C10H20N2O4S/c1-2-11-17(15,16)12-7-8-3-5-9(6-4-8)10(13)14/h8-9,11-12H,2-7H2,1H3,(H,13,14). The Morgan fingerprint density at radius 3 is 2.29 bits per heavy atom. The van der Waals surface area contributed by atoms with Crippen molar-refractivity contribution in [2.24, 2.45) is 11.8 Å². The summed E-state index contributed by atoms with van der Waals surface area (Å²) < 4.78 is 27.5. The maximum absolute atomic E-state index is 11.3. The lowest BCUT2D eigenvalue weighted by molar-refractivity contribution is -0.143. The quantitative estimate of drug-likeness (QED) is 0.644. The third kappa shape index (κ3) is 5.01. The number of nitrogens with one attached hydrogen (secondary N) is 2. The van der Waals surface area contributed by atoms with Crippen LogP contribution in [0.25, 0.3) is 0 Å². The minimum atomic E-state index is -3.38. The van der Waals surface area contributed by atoms with Gasteiger partial charge in [-0.25, -0.2) is 9.44 Å². The van der Waals surface area contributed by atoms with Crippen LogP contribution in [-0.2, 0) is 15.0 Å². The first-order valence-corrected chi connectivity index (χ1v) is 7.40. The predicted octanol–water partition coefficient (Wildman–Crippen LogP) is 0.321. The van der Waals surface area contributed by atoms with Gasteiger partial charge in [0.05, 0.1) is 5.92 Å². The van der Waals surface area contributed by atoms with Crippen LogP contribution in [0.15, 0.2) is 0 Å². The molecule has 1 rings (SSSR count). The van der Waals surface area contributed by atoms with Crippen molar-refractivity contribution < 1.29 is 18.3 Å². The summed E-state index contributed by atoms with van der Waals surface area (Å²) in [6.45, 7) is 2.47. The van der Waals surface area contributed by atoms with Crippen LogP contribution in [0.5, 0.6) is 0 Å². The molecule has 0 atom stereocenters. The molecule has 0 aromatic carbocycles. The lowest BCUT2D eigenvalue weighted by Gasteiger charge is -2.26. The normalized spacial score (nSPS) is 25.7. The fourth-order valence-corrected chi connectivity index (χ4v) is 3.02. The van der Waals surface area contributed by atoms with E-state index in [4.69, 9.17) is 5.11 Å². The first-order chi connectivity index (χ1) is 7.94. The molecule has 7 heteroatoms. The van der Waals surface area contributed by atoms with Crippen LogP contribution in [0.2, 0.25) is 0 Å². The molecule has 17 heavy (non-hydrogen) atoms. The molecule has 0 aromatic rings. The van der Waals surface area contributed by atoms with Crippen molar-refractivity contribution in [3.05, 3.63) is 0 Å². The molecule has 1 aliphatic rings. The molecule has 1 fully saturated rings. The van der Waals surface area contributed by atoms with E-state index in [-0.39, 0.29) is 11.8 Å². The number of carboxylic acids is 1. The number of carboxylic acid groups (broad SMARTS) is 1. The van der Waals surface area contributed by atoms with Gasteiger partial charge >= 0.3 is 5.97 Å². The Morgan fingerprint density at radius 1 is 1.24 bits per heavy atom. The summed E-state index contributed by atoms with van der Waals surface area (Å²) in [5, 5.41) is 8.83. The summed E-state index contributed by atoms with van der Waals surface area (Å²) in [7, 11) is -3.38. The van der Waals surface area contributed by atoms with Gasteiger partial charge in [0.2, 0.25) is 0 Å². The second-order valence-corrected chi connectivity index (χ2v) is 5.99. The first kappa shape index (κ1) is 14.4. The molecule has 0 amide bonds. The monoisotopic (exact) mass is 264 g/mol. The summed E-state index contributed by atoms with van der Waals surface area (Å²) in [5.74, 6) is -0.743. The number of hydrogen-bond acceptors (Lipinski definition) is 3. The Bertz CT molecular complexity index is 347. The Hall–Kier alpha value is -0.660. The molecule has 0 radical (unpaired) electrons. The number of rotatable bonds is 6. The van der Waals surface area contributed by atoms with Gasteiger partial charge in [0, 0.05) is 13.1 Å². The molecule has 0 saturated heterocycles. The maximum Gasteiger partial charge on any atom is 0.306 e. The zero-order valence-corrected chi connectivity index (χ0v) is 10.8. The fourth-order valence-electron chi connectivity index (χ4n) is 2.08. The summed E-state index contributed by atoms with van der Waals surface area (Å²) in [5.41, 5.74) is 0. The summed E-state index contributed by atoms with van der Waals surface area (Å²) in [6, 6.07) is 0. The highest BCUT2D eigenvalue weighted by Crippen LogP contribution is 2.28. The van der Waals surface area contributed by atoms with Crippen molar-refractivity contribution in [1.82, 2.24) is 9.44 Å². The average Bonchev–Trinajstić information content (AvgIpc) is 2.27. The summed E-state index contributed by atoms with van der Waals surface area (Å²) in [4.78, 5) is 10.7. The molecule has 0 bridgehead atoms. The van der Waals surface area contributed by atoms with Crippen LogP contribution >= 0.6 is 0 Å². The Kier molecular flexibility index (Phi) is 5.35. The van der Waals surface area contributed by atoms with Gasteiger partial charge in [0.1, 0.15) is 0 Å². The van der Waals surface area contributed by atoms with E-state index in [0.717, 1.165) is 12.8 Å². The van der Waals surface area contributed by atoms with Crippen LogP contribution in [0, 0.1) is 11.8 Å². The van der Waals surface area contributed by atoms with Crippen molar-refractivity contribution in [1.29, 1.82) is 0 Å². The van der Waals surface area contributed by atoms with Crippen LogP contribution in [-0.4, -0.2) is 32.6 Å². The van der Waals surface area contributed by atoms with Gasteiger partial charge in [0.25, 0.3) is 10.2 Å². The van der Waals surface area contributed by atoms with E-state index in [1.807, 2.05) is 0 Å². The van der Waals surface area contributed by atoms with E-state index in [9.17, 15) is 13.2 Å². The van der Waals surface area contributed by atoms with Crippen LogP contribution < -0.4 is 9.44 Å². The molecule has 0 heterocycles. The Balaban J connectivity index is 2.29.